The van der Waals surface area contributed by atoms with Crippen molar-refractivity contribution in [3.05, 3.63) is 0 Å². The van der Waals surface area contributed by atoms with Crippen molar-refractivity contribution in [2.75, 3.05) is 13.2 Å². The molecule has 5 heteroatoms. The summed E-state index contributed by atoms with van der Waals surface area (Å²) >= 11 is 0. The van der Waals surface area contributed by atoms with E-state index in [1.807, 2.05) is 0 Å². The fourth-order valence-corrected chi connectivity index (χ4v) is 0.874. The lowest BCUT2D eigenvalue weighted by molar-refractivity contribution is -0.123. The van der Waals surface area contributed by atoms with Crippen molar-refractivity contribution in [2.45, 2.75) is 32.2 Å². The fourth-order valence-electron chi connectivity index (χ4n) is 0.874. The standard InChI is InChI=1S/C8H18O5/c1-8(2,4-10)7(13)6(12)5(11)3-9/h5-7,9-13H,3-4H2,1-2H3. The lowest BCUT2D eigenvalue weighted by atomic mass is 9.83. The van der Waals surface area contributed by atoms with Gasteiger partial charge in [0.1, 0.15) is 12.2 Å². The van der Waals surface area contributed by atoms with Gasteiger partial charge in [0.05, 0.1) is 19.3 Å². The quantitative estimate of drug-likeness (QED) is 0.351. The van der Waals surface area contributed by atoms with E-state index in [2.05, 4.69) is 0 Å². The molecule has 3 unspecified atom stereocenters. The summed E-state index contributed by atoms with van der Waals surface area (Å²) in [5.41, 5.74) is -0.907. The van der Waals surface area contributed by atoms with E-state index >= 15 is 0 Å². The van der Waals surface area contributed by atoms with Crippen LogP contribution in [0.4, 0.5) is 0 Å². The highest BCUT2D eigenvalue weighted by atomic mass is 16.4. The Morgan fingerprint density at radius 1 is 1.08 bits per heavy atom. The van der Waals surface area contributed by atoms with Crippen LogP contribution in [0.3, 0.4) is 0 Å². The molecular weight excluding hydrogens is 176 g/mol. The van der Waals surface area contributed by atoms with E-state index in [9.17, 15) is 10.2 Å². The Bertz CT molecular complexity index is 147. The number of aliphatic hydroxyl groups is 5. The Balaban J connectivity index is 4.32. The summed E-state index contributed by atoms with van der Waals surface area (Å²) in [7, 11) is 0. The van der Waals surface area contributed by atoms with Gasteiger partial charge in [-0.25, -0.2) is 0 Å². The van der Waals surface area contributed by atoms with E-state index < -0.39 is 30.3 Å². The lowest BCUT2D eigenvalue weighted by Crippen LogP contribution is -2.48. The predicted molar refractivity (Wildman–Crippen MR) is 46.0 cm³/mol. The summed E-state index contributed by atoms with van der Waals surface area (Å²) in [5, 5.41) is 45.1. The topological polar surface area (TPSA) is 101 Å². The molecule has 3 atom stereocenters. The third kappa shape index (κ3) is 3.21. The van der Waals surface area contributed by atoms with Crippen LogP contribution in [0.2, 0.25) is 0 Å². The third-order valence-electron chi connectivity index (χ3n) is 2.11. The van der Waals surface area contributed by atoms with Crippen LogP contribution in [-0.2, 0) is 0 Å². The monoisotopic (exact) mass is 194 g/mol. The summed E-state index contributed by atoms with van der Waals surface area (Å²) in [6, 6.07) is 0. The lowest BCUT2D eigenvalue weighted by Gasteiger charge is -2.33. The molecule has 0 aromatic heterocycles. The number of hydrogen-bond donors (Lipinski definition) is 5. The number of aliphatic hydroxyl groups excluding tert-OH is 5. The normalized spacial score (nSPS) is 19.6. The van der Waals surface area contributed by atoms with Crippen molar-refractivity contribution in [1.29, 1.82) is 0 Å². The van der Waals surface area contributed by atoms with Gasteiger partial charge in [-0.2, -0.15) is 0 Å². The zero-order valence-corrected chi connectivity index (χ0v) is 7.88. The second kappa shape index (κ2) is 4.88. The van der Waals surface area contributed by atoms with Gasteiger partial charge in [-0.15, -0.1) is 0 Å². The number of hydrogen-bond acceptors (Lipinski definition) is 5. The molecule has 0 bridgehead atoms. The largest absolute Gasteiger partial charge is 0.396 e. The third-order valence-corrected chi connectivity index (χ3v) is 2.11. The smallest absolute Gasteiger partial charge is 0.109 e. The van der Waals surface area contributed by atoms with Crippen molar-refractivity contribution in [1.82, 2.24) is 0 Å². The molecule has 0 aliphatic carbocycles. The SMILES string of the molecule is CC(C)(CO)C(O)C(O)C(O)CO. The molecule has 5 nitrogen and oxygen atoms in total. The minimum atomic E-state index is -1.45. The summed E-state index contributed by atoms with van der Waals surface area (Å²) < 4.78 is 0. The van der Waals surface area contributed by atoms with E-state index in [0.29, 0.717) is 0 Å². The first-order valence-corrected chi connectivity index (χ1v) is 4.12. The van der Waals surface area contributed by atoms with Gasteiger partial charge >= 0.3 is 0 Å². The first-order valence-electron chi connectivity index (χ1n) is 4.12. The highest BCUT2D eigenvalue weighted by molar-refractivity contribution is 4.86. The van der Waals surface area contributed by atoms with Crippen molar-refractivity contribution < 1.29 is 25.5 Å². The molecule has 0 spiro atoms. The average molecular weight is 194 g/mol. The van der Waals surface area contributed by atoms with Gasteiger partial charge in [-0.3, -0.25) is 0 Å². The second-order valence-corrected chi connectivity index (χ2v) is 3.83. The molecule has 0 fully saturated rings. The van der Waals surface area contributed by atoms with Crippen LogP contribution in [0.15, 0.2) is 0 Å². The molecule has 0 saturated heterocycles. The minimum Gasteiger partial charge on any atom is -0.396 e. The van der Waals surface area contributed by atoms with Gasteiger partial charge in [0.15, 0.2) is 0 Å². The summed E-state index contributed by atoms with van der Waals surface area (Å²) in [6.07, 6.45) is -4.12. The molecular formula is C8H18O5. The average Bonchev–Trinajstić information content (AvgIpc) is 2.14. The highest BCUT2D eigenvalue weighted by Crippen LogP contribution is 2.23. The summed E-state index contributed by atoms with van der Waals surface area (Å²) in [4.78, 5) is 0. The minimum absolute atomic E-state index is 0.316. The van der Waals surface area contributed by atoms with Crippen LogP contribution < -0.4 is 0 Å². The molecule has 0 aliphatic heterocycles. The predicted octanol–water partition coefficient (Wildman–Crippen LogP) is -1.92. The van der Waals surface area contributed by atoms with Crippen LogP contribution >= 0.6 is 0 Å². The van der Waals surface area contributed by atoms with Crippen LogP contribution in [-0.4, -0.2) is 57.1 Å². The maximum atomic E-state index is 9.47. The molecule has 13 heavy (non-hydrogen) atoms. The summed E-state index contributed by atoms with van der Waals surface area (Å²) in [5.74, 6) is 0. The zero-order valence-electron chi connectivity index (χ0n) is 7.88. The van der Waals surface area contributed by atoms with Crippen LogP contribution in [0.1, 0.15) is 13.8 Å². The van der Waals surface area contributed by atoms with Crippen molar-refractivity contribution in [2.24, 2.45) is 5.41 Å². The first-order chi connectivity index (χ1) is 5.86. The molecule has 5 N–H and O–H groups in total. The summed E-state index contributed by atoms with van der Waals surface area (Å²) in [6.45, 7) is 2.15. The Kier molecular flexibility index (Phi) is 4.80. The van der Waals surface area contributed by atoms with Crippen molar-refractivity contribution in [3.63, 3.8) is 0 Å². The van der Waals surface area contributed by atoms with E-state index in [1.165, 1.54) is 0 Å². The maximum absolute atomic E-state index is 9.47. The maximum Gasteiger partial charge on any atom is 0.109 e. The zero-order chi connectivity index (χ0) is 10.6. The molecule has 80 valence electrons. The Morgan fingerprint density at radius 2 is 1.54 bits per heavy atom. The van der Waals surface area contributed by atoms with Gasteiger partial charge in [-0.05, 0) is 0 Å². The van der Waals surface area contributed by atoms with Crippen molar-refractivity contribution >= 4 is 0 Å². The molecule has 0 aromatic rings. The van der Waals surface area contributed by atoms with Gasteiger partial charge in [0.2, 0.25) is 0 Å². The fraction of sp³-hybridized carbons (Fsp3) is 1.00. The Labute approximate surface area is 77.3 Å². The van der Waals surface area contributed by atoms with E-state index in [1.54, 1.807) is 13.8 Å². The van der Waals surface area contributed by atoms with Gasteiger partial charge in [0.25, 0.3) is 0 Å². The van der Waals surface area contributed by atoms with Crippen LogP contribution in [0.5, 0.6) is 0 Å². The number of rotatable bonds is 5. The molecule has 0 heterocycles. The van der Waals surface area contributed by atoms with Crippen LogP contribution in [0, 0.1) is 5.41 Å². The Morgan fingerprint density at radius 3 is 1.85 bits per heavy atom. The molecule has 0 aromatic carbocycles. The van der Waals surface area contributed by atoms with Gasteiger partial charge in [-0.1, -0.05) is 13.8 Å². The molecule has 0 radical (unpaired) electrons. The van der Waals surface area contributed by atoms with Crippen molar-refractivity contribution in [3.8, 4) is 0 Å². The first kappa shape index (κ1) is 12.8. The van der Waals surface area contributed by atoms with E-state index in [0.717, 1.165) is 0 Å². The van der Waals surface area contributed by atoms with E-state index in [-0.39, 0.29) is 6.61 Å². The van der Waals surface area contributed by atoms with Crippen LogP contribution in [0.25, 0.3) is 0 Å². The van der Waals surface area contributed by atoms with Gasteiger partial charge < -0.3 is 25.5 Å². The molecule has 0 amide bonds. The molecule has 0 saturated carbocycles. The van der Waals surface area contributed by atoms with Gasteiger partial charge in [0, 0.05) is 5.41 Å². The van der Waals surface area contributed by atoms with E-state index in [4.69, 9.17) is 15.3 Å². The second-order valence-electron chi connectivity index (χ2n) is 3.83. The molecule has 0 rings (SSSR count). The highest BCUT2D eigenvalue weighted by Gasteiger charge is 2.36. The Hall–Kier alpha value is -0.200. The molecule has 0 aliphatic rings.